The molecule has 0 aliphatic carbocycles. The molecule has 0 aromatic carbocycles. The van der Waals surface area contributed by atoms with E-state index in [9.17, 15) is 4.79 Å². The molecule has 0 atom stereocenters. The molecule has 4 heteroatoms. The number of nitrogens with one attached hydrogen (secondary N) is 1. The molecule has 0 aliphatic rings. The molecular formula is C19H33NO2Si. The highest BCUT2D eigenvalue weighted by Gasteiger charge is 2.06. The van der Waals surface area contributed by atoms with Crippen molar-refractivity contribution in [1.82, 2.24) is 5.32 Å². The highest BCUT2D eigenvalue weighted by molar-refractivity contribution is 6.83. The number of carbonyl (C=O) groups is 1. The lowest BCUT2D eigenvalue weighted by Gasteiger charge is -2.03. The number of unbranched alkanes of at least 4 members (excludes halogenated alkanes) is 2. The molecule has 0 radical (unpaired) electrons. The number of ether oxygens (including phenoxy) is 1. The van der Waals surface area contributed by atoms with Crippen molar-refractivity contribution in [2.24, 2.45) is 5.92 Å². The molecule has 0 spiro atoms. The van der Waals surface area contributed by atoms with E-state index in [-0.39, 0.29) is 5.91 Å². The number of allylic oxidation sites excluding steroid dienone is 3. The summed E-state index contributed by atoms with van der Waals surface area (Å²) in [5.74, 6) is 3.55. The Hall–Kier alpha value is -1.31. The maximum absolute atomic E-state index is 11.4. The molecule has 130 valence electrons. The van der Waals surface area contributed by atoms with E-state index < -0.39 is 8.07 Å². The van der Waals surface area contributed by atoms with E-state index in [4.69, 9.17) is 4.74 Å². The van der Waals surface area contributed by atoms with Gasteiger partial charge in [0.15, 0.2) is 0 Å². The molecule has 0 aliphatic heterocycles. The monoisotopic (exact) mass is 335 g/mol. The summed E-state index contributed by atoms with van der Waals surface area (Å²) in [6, 6.07) is 0. The van der Waals surface area contributed by atoms with Crippen LogP contribution in [0.25, 0.3) is 0 Å². The second-order valence-corrected chi connectivity index (χ2v) is 11.8. The van der Waals surface area contributed by atoms with Gasteiger partial charge in [0.05, 0.1) is 0 Å². The fourth-order valence-corrected chi connectivity index (χ4v) is 2.17. The molecule has 0 unspecified atom stereocenters. The summed E-state index contributed by atoms with van der Waals surface area (Å²) in [7, 11) is -1.26. The molecule has 0 rings (SSSR count). The van der Waals surface area contributed by atoms with E-state index in [0.29, 0.717) is 12.5 Å². The molecule has 0 saturated heterocycles. The van der Waals surface area contributed by atoms with E-state index in [1.165, 1.54) is 0 Å². The van der Waals surface area contributed by atoms with Crippen LogP contribution < -0.4 is 5.32 Å². The largest absolute Gasteiger partial charge is 0.369 e. The third-order valence-corrected chi connectivity index (χ3v) is 3.65. The first kappa shape index (κ1) is 21.7. The van der Waals surface area contributed by atoms with Gasteiger partial charge in [-0.2, -0.15) is 0 Å². The molecule has 23 heavy (non-hydrogen) atoms. The maximum atomic E-state index is 11.4. The van der Waals surface area contributed by atoms with Crippen molar-refractivity contribution in [3.63, 3.8) is 0 Å². The normalized spacial score (nSPS) is 11.9. The van der Waals surface area contributed by atoms with Crippen molar-refractivity contribution in [2.45, 2.75) is 52.8 Å². The molecule has 3 nitrogen and oxygen atoms in total. The van der Waals surface area contributed by atoms with E-state index in [1.807, 2.05) is 6.08 Å². The number of amides is 1. The Morgan fingerprint density at radius 3 is 2.61 bits per heavy atom. The minimum atomic E-state index is -1.26. The molecule has 1 N–H and O–H groups in total. The Morgan fingerprint density at radius 1 is 1.22 bits per heavy atom. The van der Waals surface area contributed by atoms with Crippen LogP contribution >= 0.6 is 0 Å². The molecule has 0 aromatic heterocycles. The van der Waals surface area contributed by atoms with Gasteiger partial charge in [-0.05, 0) is 25.2 Å². The van der Waals surface area contributed by atoms with Crippen LogP contribution in [0.15, 0.2) is 24.3 Å². The lowest BCUT2D eigenvalue weighted by molar-refractivity contribution is -0.116. The Kier molecular flexibility index (Phi) is 12.4. The van der Waals surface area contributed by atoms with E-state index in [2.05, 4.69) is 56.3 Å². The Bertz CT molecular complexity index is 437. The van der Waals surface area contributed by atoms with Gasteiger partial charge in [-0.3, -0.25) is 4.79 Å². The number of hydrogen-bond donors (Lipinski definition) is 1. The topological polar surface area (TPSA) is 38.3 Å². The summed E-state index contributed by atoms with van der Waals surface area (Å²) in [5.41, 5.74) is 3.28. The maximum Gasteiger partial charge on any atom is 0.243 e. The van der Waals surface area contributed by atoms with Crippen LogP contribution in [0.4, 0.5) is 0 Å². The van der Waals surface area contributed by atoms with Crippen molar-refractivity contribution >= 4 is 14.0 Å². The van der Waals surface area contributed by atoms with E-state index in [1.54, 1.807) is 12.2 Å². The Morgan fingerprint density at radius 2 is 1.96 bits per heavy atom. The lowest BCUT2D eigenvalue weighted by Crippen LogP contribution is -2.25. The average Bonchev–Trinajstić information content (AvgIpc) is 2.45. The predicted octanol–water partition coefficient (Wildman–Crippen LogP) is 3.94. The van der Waals surface area contributed by atoms with Crippen LogP contribution in [0.5, 0.6) is 0 Å². The summed E-state index contributed by atoms with van der Waals surface area (Å²) in [5, 5.41) is 2.84. The van der Waals surface area contributed by atoms with Crippen molar-refractivity contribution < 1.29 is 9.53 Å². The second kappa shape index (κ2) is 13.2. The van der Waals surface area contributed by atoms with Gasteiger partial charge in [-0.15, -0.1) is 5.54 Å². The fraction of sp³-hybridized carbons (Fsp3) is 0.632. The standard InChI is InChI=1S/C19H33NO2Si/c1-18(2)17-20-19(21)13-10-8-6-7-9-11-14-22-15-12-16-23(3,4)5/h6,8,10,13,18H,7,9,11,14-15,17H2,1-5H3,(H,20,21)/b8-6+,13-10+. The Labute approximate surface area is 143 Å². The zero-order valence-electron chi connectivity index (χ0n) is 15.4. The summed E-state index contributed by atoms with van der Waals surface area (Å²) < 4.78 is 5.49. The van der Waals surface area contributed by atoms with Crippen LogP contribution in [-0.2, 0) is 9.53 Å². The van der Waals surface area contributed by atoms with E-state index in [0.717, 1.165) is 32.4 Å². The van der Waals surface area contributed by atoms with Crippen LogP contribution in [0.2, 0.25) is 19.6 Å². The fourth-order valence-electron chi connectivity index (χ4n) is 1.57. The average molecular weight is 336 g/mol. The highest BCUT2D eigenvalue weighted by atomic mass is 28.3. The van der Waals surface area contributed by atoms with Gasteiger partial charge in [0.2, 0.25) is 5.91 Å². The summed E-state index contributed by atoms with van der Waals surface area (Å²) in [6.07, 6.45) is 10.5. The van der Waals surface area contributed by atoms with Gasteiger partial charge in [-0.1, -0.05) is 57.6 Å². The number of rotatable bonds is 10. The van der Waals surface area contributed by atoms with Crippen LogP contribution in [-0.4, -0.2) is 33.7 Å². The van der Waals surface area contributed by atoms with Crippen LogP contribution in [0.1, 0.15) is 33.1 Å². The molecule has 1 amide bonds. The number of hydrogen-bond acceptors (Lipinski definition) is 2. The molecular weight excluding hydrogens is 302 g/mol. The third-order valence-electron chi connectivity index (χ3n) is 2.73. The summed E-state index contributed by atoms with van der Waals surface area (Å²) in [6.45, 7) is 12.9. The van der Waals surface area contributed by atoms with Crippen LogP contribution in [0.3, 0.4) is 0 Å². The molecule has 0 fully saturated rings. The van der Waals surface area contributed by atoms with Crippen molar-refractivity contribution in [3.8, 4) is 11.5 Å². The minimum absolute atomic E-state index is 0.0313. The zero-order chi connectivity index (χ0) is 17.6. The first-order valence-corrected chi connectivity index (χ1v) is 12.0. The summed E-state index contributed by atoms with van der Waals surface area (Å²) >= 11 is 0. The molecule has 0 bridgehead atoms. The number of carbonyl (C=O) groups excluding carboxylic acids is 1. The third kappa shape index (κ3) is 18.6. The minimum Gasteiger partial charge on any atom is -0.369 e. The van der Waals surface area contributed by atoms with Crippen molar-refractivity contribution in [3.05, 3.63) is 24.3 Å². The van der Waals surface area contributed by atoms with Gasteiger partial charge in [0.25, 0.3) is 0 Å². The SMILES string of the molecule is CC(C)CNC(=O)/C=C/C=C/CCCCOCC#C[Si](C)(C)C. The first-order valence-electron chi connectivity index (χ1n) is 8.50. The van der Waals surface area contributed by atoms with Crippen LogP contribution in [0, 0.1) is 17.4 Å². The van der Waals surface area contributed by atoms with Crippen molar-refractivity contribution in [2.75, 3.05) is 19.8 Å². The molecule has 0 aromatic rings. The molecule has 0 saturated carbocycles. The predicted molar refractivity (Wildman–Crippen MR) is 102 cm³/mol. The van der Waals surface area contributed by atoms with Gasteiger partial charge in [0, 0.05) is 19.2 Å². The Balaban J connectivity index is 3.54. The van der Waals surface area contributed by atoms with Gasteiger partial charge >= 0.3 is 0 Å². The van der Waals surface area contributed by atoms with E-state index >= 15 is 0 Å². The molecule has 0 heterocycles. The first-order chi connectivity index (χ1) is 10.8. The quantitative estimate of drug-likeness (QED) is 0.216. The lowest BCUT2D eigenvalue weighted by atomic mass is 10.2. The summed E-state index contributed by atoms with van der Waals surface area (Å²) in [4.78, 5) is 11.4. The smallest absolute Gasteiger partial charge is 0.243 e. The highest BCUT2D eigenvalue weighted by Crippen LogP contribution is 1.98. The zero-order valence-corrected chi connectivity index (χ0v) is 16.4. The van der Waals surface area contributed by atoms with Crippen molar-refractivity contribution in [1.29, 1.82) is 0 Å². The van der Waals surface area contributed by atoms with Gasteiger partial charge < -0.3 is 10.1 Å². The van der Waals surface area contributed by atoms with Gasteiger partial charge in [-0.25, -0.2) is 0 Å². The second-order valence-electron chi connectivity index (χ2n) is 7.03. The van der Waals surface area contributed by atoms with Gasteiger partial charge in [0.1, 0.15) is 14.7 Å².